The number of halogens is 1. The van der Waals surface area contributed by atoms with Gasteiger partial charge >= 0.3 is 6.09 Å². The summed E-state index contributed by atoms with van der Waals surface area (Å²) in [6.07, 6.45) is 4.82. The number of aromatic nitrogens is 2. The van der Waals surface area contributed by atoms with Crippen molar-refractivity contribution in [3.8, 4) is 0 Å². The summed E-state index contributed by atoms with van der Waals surface area (Å²) in [4.78, 5) is 43.0. The summed E-state index contributed by atoms with van der Waals surface area (Å²) in [5, 5.41) is 11.0. The second kappa shape index (κ2) is 10.4. The van der Waals surface area contributed by atoms with Crippen LogP contribution in [0.3, 0.4) is 0 Å². The summed E-state index contributed by atoms with van der Waals surface area (Å²) in [6, 6.07) is 7.19. The highest BCUT2D eigenvalue weighted by Gasteiger charge is 2.60. The Balaban J connectivity index is 1.25. The molecule has 220 valence electrons. The molecule has 6 rings (SSSR count). The Morgan fingerprint density at radius 1 is 1.07 bits per heavy atom. The lowest BCUT2D eigenvalue weighted by molar-refractivity contribution is -0.134. The van der Waals surface area contributed by atoms with E-state index in [-0.39, 0.29) is 29.5 Å². The van der Waals surface area contributed by atoms with E-state index in [1.807, 2.05) is 54.8 Å². The van der Waals surface area contributed by atoms with Crippen LogP contribution >= 0.6 is 11.6 Å². The second-order valence-corrected chi connectivity index (χ2v) is 13.6. The number of carbonyl (C=O) groups is 2. The highest BCUT2D eigenvalue weighted by Crippen LogP contribution is 2.55. The molecule has 2 amide bonds. The van der Waals surface area contributed by atoms with Gasteiger partial charge in [-0.2, -0.15) is 0 Å². The van der Waals surface area contributed by atoms with E-state index in [1.54, 1.807) is 0 Å². The van der Waals surface area contributed by atoms with Crippen LogP contribution in [0.25, 0.3) is 0 Å². The minimum atomic E-state index is -0.620. The first-order valence-corrected chi connectivity index (χ1v) is 15.2. The number of fused-ring (bicyclic) bond motifs is 1. The van der Waals surface area contributed by atoms with Gasteiger partial charge < -0.3 is 19.6 Å². The molecule has 3 fully saturated rings. The fourth-order valence-electron chi connectivity index (χ4n) is 7.10. The Morgan fingerprint density at radius 2 is 1.76 bits per heavy atom. The molecule has 1 N–H and O–H groups in total. The van der Waals surface area contributed by atoms with Crippen LogP contribution in [-0.4, -0.2) is 80.2 Å². The lowest BCUT2D eigenvalue weighted by Gasteiger charge is -2.41. The molecule has 1 spiro atoms. The number of hydrogen-bond donors (Lipinski definition) is 1. The number of likely N-dealkylation sites (tertiary alicyclic amines) is 1. The number of aliphatic hydroxyl groups is 1. The van der Waals surface area contributed by atoms with Crippen LogP contribution in [0, 0.1) is 0 Å². The third-order valence-electron chi connectivity index (χ3n) is 9.22. The first-order chi connectivity index (χ1) is 19.5. The van der Waals surface area contributed by atoms with Crippen molar-refractivity contribution in [2.24, 2.45) is 0 Å². The molecular formula is C31H40ClN5O4. The Bertz CT molecular complexity index is 1320. The molecule has 1 aromatic carbocycles. The fraction of sp³-hybridized carbons (Fsp3) is 0.613. The Labute approximate surface area is 246 Å². The van der Waals surface area contributed by atoms with Gasteiger partial charge in [0.1, 0.15) is 17.7 Å². The average molecular weight is 582 g/mol. The number of piperazine rings is 1. The number of carbonyl (C=O) groups excluding carboxylic acids is 2. The van der Waals surface area contributed by atoms with E-state index in [2.05, 4.69) is 21.8 Å². The molecule has 1 saturated carbocycles. The summed E-state index contributed by atoms with van der Waals surface area (Å²) >= 11 is 6.23. The van der Waals surface area contributed by atoms with E-state index < -0.39 is 17.6 Å². The summed E-state index contributed by atoms with van der Waals surface area (Å²) in [5.74, 6) is 0.564. The maximum absolute atomic E-state index is 14.4. The van der Waals surface area contributed by atoms with Crippen molar-refractivity contribution >= 4 is 29.4 Å². The van der Waals surface area contributed by atoms with Gasteiger partial charge in [-0.15, -0.1) is 0 Å². The molecule has 4 aliphatic rings. The minimum absolute atomic E-state index is 0.0277. The van der Waals surface area contributed by atoms with Gasteiger partial charge in [0, 0.05) is 42.3 Å². The second-order valence-electron chi connectivity index (χ2n) is 13.2. The number of ether oxygens (including phenoxy) is 1. The van der Waals surface area contributed by atoms with Crippen molar-refractivity contribution in [3.05, 3.63) is 52.4 Å². The number of amides is 2. The van der Waals surface area contributed by atoms with Crippen molar-refractivity contribution < 1.29 is 19.4 Å². The van der Waals surface area contributed by atoms with Crippen molar-refractivity contribution in [1.82, 2.24) is 19.8 Å². The lowest BCUT2D eigenvalue weighted by Crippen LogP contribution is -2.54. The molecule has 0 bridgehead atoms. The van der Waals surface area contributed by atoms with Crippen LogP contribution in [0.2, 0.25) is 5.02 Å². The third-order valence-corrected chi connectivity index (χ3v) is 9.47. The SMILES string of the molecule is C[C@@H]1C[C@@H](O)c2ncnc(N3CCN(C(=O)[C@@H](c4ccc(Cl)cc4)[C@@H]4CCC5(CC5)N4C(=O)OC(C)(C)C)CC3)c21. The van der Waals surface area contributed by atoms with Crippen LogP contribution in [0.4, 0.5) is 10.6 Å². The normalized spacial score (nSPS) is 25.8. The smallest absolute Gasteiger partial charge is 0.411 e. The topological polar surface area (TPSA) is 99.1 Å². The van der Waals surface area contributed by atoms with Crippen molar-refractivity contribution in [3.63, 3.8) is 0 Å². The zero-order valence-corrected chi connectivity index (χ0v) is 25.1. The van der Waals surface area contributed by atoms with E-state index in [0.717, 1.165) is 48.3 Å². The van der Waals surface area contributed by atoms with Gasteiger partial charge in [-0.3, -0.25) is 9.69 Å². The van der Waals surface area contributed by atoms with Crippen molar-refractivity contribution in [1.29, 1.82) is 0 Å². The van der Waals surface area contributed by atoms with Crippen LogP contribution < -0.4 is 4.90 Å². The van der Waals surface area contributed by atoms with E-state index in [0.29, 0.717) is 37.6 Å². The number of anilines is 1. The van der Waals surface area contributed by atoms with E-state index >= 15 is 0 Å². The molecule has 10 heteroatoms. The van der Waals surface area contributed by atoms with Crippen LogP contribution in [0.1, 0.15) is 94.6 Å². The van der Waals surface area contributed by atoms with Gasteiger partial charge in [-0.05, 0) is 76.5 Å². The number of aliphatic hydroxyl groups excluding tert-OH is 1. The highest BCUT2D eigenvalue weighted by molar-refractivity contribution is 6.30. The molecule has 4 atom stereocenters. The molecule has 41 heavy (non-hydrogen) atoms. The number of hydrogen-bond acceptors (Lipinski definition) is 7. The van der Waals surface area contributed by atoms with E-state index in [4.69, 9.17) is 16.3 Å². The highest BCUT2D eigenvalue weighted by atomic mass is 35.5. The minimum Gasteiger partial charge on any atom is -0.444 e. The summed E-state index contributed by atoms with van der Waals surface area (Å²) in [7, 11) is 0. The Morgan fingerprint density at radius 3 is 2.39 bits per heavy atom. The van der Waals surface area contributed by atoms with Crippen molar-refractivity contribution in [2.45, 2.75) is 94.9 Å². The molecule has 2 aromatic rings. The zero-order valence-electron chi connectivity index (χ0n) is 24.3. The van der Waals surface area contributed by atoms with Crippen LogP contribution in [-0.2, 0) is 9.53 Å². The maximum Gasteiger partial charge on any atom is 0.411 e. The van der Waals surface area contributed by atoms with Gasteiger partial charge in [-0.1, -0.05) is 30.7 Å². The van der Waals surface area contributed by atoms with Gasteiger partial charge in [0.25, 0.3) is 0 Å². The summed E-state index contributed by atoms with van der Waals surface area (Å²) in [5.41, 5.74) is 1.79. The summed E-state index contributed by atoms with van der Waals surface area (Å²) in [6.45, 7) is 10.1. The van der Waals surface area contributed by atoms with Gasteiger partial charge in [-0.25, -0.2) is 14.8 Å². The predicted octanol–water partition coefficient (Wildman–Crippen LogP) is 5.04. The number of nitrogens with zero attached hydrogens (tertiary/aromatic N) is 5. The number of rotatable bonds is 4. The predicted molar refractivity (Wildman–Crippen MR) is 156 cm³/mol. The molecule has 2 aliphatic carbocycles. The monoisotopic (exact) mass is 581 g/mol. The number of benzene rings is 1. The average Bonchev–Trinajstić information content (AvgIpc) is 3.52. The molecular weight excluding hydrogens is 542 g/mol. The maximum atomic E-state index is 14.4. The molecule has 9 nitrogen and oxygen atoms in total. The van der Waals surface area contributed by atoms with E-state index in [9.17, 15) is 14.7 Å². The standard InChI is InChI=1S/C31H40ClN5O4/c1-19-17-23(38)26-24(19)27(34-18-33-26)35-13-15-36(16-14-35)28(39)25(20-5-7-21(32)8-6-20)22-9-10-31(11-12-31)37(22)29(40)41-30(2,3)4/h5-8,18-19,22-23,25,38H,9-17H2,1-4H3/t19-,22+,23-,25+/m1/s1. The Kier molecular flexibility index (Phi) is 7.17. The lowest BCUT2D eigenvalue weighted by atomic mass is 9.88. The first-order valence-electron chi connectivity index (χ1n) is 14.8. The van der Waals surface area contributed by atoms with E-state index in [1.165, 1.54) is 6.33 Å². The summed E-state index contributed by atoms with van der Waals surface area (Å²) < 4.78 is 5.88. The molecule has 2 aliphatic heterocycles. The van der Waals surface area contributed by atoms with Gasteiger partial charge in [0.05, 0.1) is 23.8 Å². The third kappa shape index (κ3) is 5.27. The quantitative estimate of drug-likeness (QED) is 0.540. The molecule has 2 saturated heterocycles. The van der Waals surface area contributed by atoms with Crippen LogP contribution in [0.5, 0.6) is 0 Å². The van der Waals surface area contributed by atoms with Gasteiger partial charge in [0.15, 0.2) is 0 Å². The van der Waals surface area contributed by atoms with Crippen LogP contribution in [0.15, 0.2) is 30.6 Å². The molecule has 0 radical (unpaired) electrons. The molecule has 3 heterocycles. The Hall–Kier alpha value is -2.91. The fourth-order valence-corrected chi connectivity index (χ4v) is 7.22. The zero-order chi connectivity index (χ0) is 29.1. The molecule has 1 aromatic heterocycles. The largest absolute Gasteiger partial charge is 0.444 e. The van der Waals surface area contributed by atoms with Gasteiger partial charge in [0.2, 0.25) is 5.91 Å². The first kappa shape index (κ1) is 28.2. The van der Waals surface area contributed by atoms with Crippen molar-refractivity contribution in [2.75, 3.05) is 31.1 Å². The molecule has 0 unspecified atom stereocenters.